The highest BCUT2D eigenvalue weighted by atomic mass is 16.3. The average molecular weight is 1060 g/mol. The van der Waals surface area contributed by atoms with Crippen molar-refractivity contribution in [1.82, 2.24) is 0 Å². The predicted octanol–water partition coefficient (Wildman–Crippen LogP) is 22.0. The number of para-hydroxylation sites is 2. The Morgan fingerprint density at radius 3 is 1.62 bits per heavy atom. The van der Waals surface area contributed by atoms with Gasteiger partial charge in [0.2, 0.25) is 0 Å². The van der Waals surface area contributed by atoms with Crippen molar-refractivity contribution in [2.75, 3.05) is 4.90 Å². The van der Waals surface area contributed by atoms with Gasteiger partial charge in [0.15, 0.2) is 0 Å². The van der Waals surface area contributed by atoms with Crippen molar-refractivity contribution >= 4 is 66.5 Å². The fourth-order valence-electron chi connectivity index (χ4n) is 15.8. The maximum absolute atomic E-state index is 7.06. The fraction of sp³-hybridized carbons (Fsp3) is 0.165. The normalized spacial score (nSPS) is 16.1. The van der Waals surface area contributed by atoms with Crippen LogP contribution in [0, 0.1) is 0 Å². The van der Waals surface area contributed by atoms with Crippen LogP contribution < -0.4 is 4.90 Å². The van der Waals surface area contributed by atoms with E-state index in [1.807, 2.05) is 6.08 Å². The molecule has 396 valence electrons. The van der Waals surface area contributed by atoms with Gasteiger partial charge in [0.05, 0.1) is 0 Å². The quantitative estimate of drug-likeness (QED) is 0.149. The second-order valence-corrected chi connectivity index (χ2v) is 25.5. The first kappa shape index (κ1) is 48.7. The van der Waals surface area contributed by atoms with Gasteiger partial charge in [-0.3, -0.25) is 0 Å². The molecule has 16 rings (SSSR count). The van der Waals surface area contributed by atoms with E-state index in [1.165, 1.54) is 105 Å². The summed E-state index contributed by atoms with van der Waals surface area (Å²) >= 11 is 0. The van der Waals surface area contributed by atoms with Crippen LogP contribution in [0.3, 0.4) is 0 Å². The molecule has 0 radical (unpaired) electrons. The van der Waals surface area contributed by atoms with Crippen LogP contribution in [0.15, 0.2) is 222 Å². The Labute approximate surface area is 480 Å². The molecule has 0 spiro atoms. The van der Waals surface area contributed by atoms with E-state index in [0.29, 0.717) is 0 Å². The molecule has 12 aromatic rings. The van der Waals surface area contributed by atoms with Crippen molar-refractivity contribution in [2.24, 2.45) is 0 Å². The lowest BCUT2D eigenvalue weighted by Gasteiger charge is -2.32. The Hall–Kier alpha value is -9.18. The molecule has 0 bridgehead atoms. The highest BCUT2D eigenvalue weighted by Crippen LogP contribution is 2.64. The molecule has 0 saturated carbocycles. The Morgan fingerprint density at radius 2 is 0.927 bits per heavy atom. The second-order valence-electron chi connectivity index (χ2n) is 25.5. The largest absolute Gasteiger partial charge is 0.455 e. The summed E-state index contributed by atoms with van der Waals surface area (Å²) in [5.74, 6) is 0. The molecule has 4 aliphatic carbocycles. The van der Waals surface area contributed by atoms with Crippen molar-refractivity contribution in [3.05, 3.63) is 263 Å². The molecule has 2 aromatic heterocycles. The van der Waals surface area contributed by atoms with Crippen molar-refractivity contribution in [3.8, 4) is 55.6 Å². The molecule has 3 heteroatoms. The molecule has 0 unspecified atom stereocenters. The van der Waals surface area contributed by atoms with Gasteiger partial charge < -0.3 is 13.7 Å². The third kappa shape index (κ3) is 6.31. The van der Waals surface area contributed by atoms with E-state index in [-0.39, 0.29) is 21.7 Å². The van der Waals surface area contributed by atoms with Crippen LogP contribution in [0.5, 0.6) is 0 Å². The van der Waals surface area contributed by atoms with Gasteiger partial charge in [-0.2, -0.15) is 0 Å². The number of nitrogens with zero attached hydrogens (tertiary/aromatic N) is 1. The van der Waals surface area contributed by atoms with Crippen LogP contribution in [0.2, 0.25) is 0 Å². The van der Waals surface area contributed by atoms with E-state index < -0.39 is 0 Å². The van der Waals surface area contributed by atoms with Crippen molar-refractivity contribution < 1.29 is 8.83 Å². The summed E-state index contributed by atoms with van der Waals surface area (Å²) in [6, 6.07) is 68.2. The smallest absolute Gasteiger partial charge is 0.144 e. The van der Waals surface area contributed by atoms with Gasteiger partial charge in [-0.05, 0) is 168 Å². The number of rotatable bonds is 7. The van der Waals surface area contributed by atoms with Gasteiger partial charge in [0, 0.05) is 71.4 Å². The van der Waals surface area contributed by atoms with Gasteiger partial charge in [0.1, 0.15) is 22.3 Å². The fourth-order valence-corrected chi connectivity index (χ4v) is 15.8. The van der Waals surface area contributed by atoms with Crippen LogP contribution in [-0.2, 0) is 21.7 Å². The molecule has 0 aliphatic heterocycles. The maximum atomic E-state index is 7.06. The Morgan fingerprint density at radius 1 is 0.415 bits per heavy atom. The second kappa shape index (κ2) is 16.7. The summed E-state index contributed by atoms with van der Waals surface area (Å²) in [4.78, 5) is 2.50. The lowest BCUT2D eigenvalue weighted by Crippen LogP contribution is -2.24. The molecule has 0 atom stereocenters. The molecule has 0 saturated heterocycles. The standard InChI is InChI=1S/C79H63NO2/c1-11-22-45(23-12-2)46-24-21-25-48(40-46)80(50-36-39-55-63(43-50)79(9,10)72-68(55)70-57-29-16-20-33-66(57)82-75(70)71-53-27-14-18-31-60(53)78(7,8)73(71)72)49-35-38-54-62(42-49)77(5,6)64-44-58(74-69(67(54)64)56-28-15-19-32-65(56)81-74)47-34-37-52-51-26-13-17-30-59(51)76(3,4)61(52)41-47/h11-44H,1H2,2-10H3/b23-12-,45-22+. The van der Waals surface area contributed by atoms with Crippen molar-refractivity contribution in [3.63, 3.8) is 0 Å². The van der Waals surface area contributed by atoms with Gasteiger partial charge in [-0.1, -0.05) is 208 Å². The van der Waals surface area contributed by atoms with E-state index in [0.717, 1.165) is 66.9 Å². The molecule has 0 N–H and O–H groups in total. The van der Waals surface area contributed by atoms with Crippen LogP contribution in [-0.4, -0.2) is 0 Å². The minimum absolute atomic E-state index is 0.136. The number of hydrogen-bond acceptors (Lipinski definition) is 3. The predicted molar refractivity (Wildman–Crippen MR) is 344 cm³/mol. The topological polar surface area (TPSA) is 29.5 Å². The van der Waals surface area contributed by atoms with Gasteiger partial charge >= 0.3 is 0 Å². The molecule has 3 nitrogen and oxygen atoms in total. The Bertz CT molecular complexity index is 4900. The molecule has 0 amide bonds. The SMILES string of the molecule is C=C/C=C(\C=C/C)c1cccc(N(c2ccc3c(c2)C(C)(C)c2cc(-c4ccc5c(c4)C(C)(C)c4ccccc4-5)c4oc5ccccc5c4c2-3)c2ccc3c(c2)C(C)(C)c2c4c(c5oc6ccccc6c5c2-3)-c2ccccc2C4(C)C)c1. The van der Waals surface area contributed by atoms with Gasteiger partial charge in [0.25, 0.3) is 0 Å². The van der Waals surface area contributed by atoms with Crippen molar-refractivity contribution in [1.29, 1.82) is 0 Å². The maximum Gasteiger partial charge on any atom is 0.144 e. The number of allylic oxidation sites excluding steroid dienone is 5. The number of fused-ring (bicyclic) bond motifs is 22. The first-order valence-electron chi connectivity index (χ1n) is 29.1. The highest BCUT2D eigenvalue weighted by molar-refractivity contribution is 6.22. The first-order valence-corrected chi connectivity index (χ1v) is 29.1. The highest BCUT2D eigenvalue weighted by Gasteiger charge is 2.49. The molecule has 2 heterocycles. The van der Waals surface area contributed by atoms with Crippen LogP contribution in [0.4, 0.5) is 17.1 Å². The van der Waals surface area contributed by atoms with E-state index in [4.69, 9.17) is 8.83 Å². The summed E-state index contributed by atoms with van der Waals surface area (Å²) < 4.78 is 14.1. The molecule has 4 aliphatic rings. The van der Waals surface area contributed by atoms with Gasteiger partial charge in [-0.25, -0.2) is 0 Å². The Balaban J connectivity index is 0.905. The van der Waals surface area contributed by atoms with E-state index in [9.17, 15) is 0 Å². The Kier molecular flexibility index (Phi) is 9.92. The number of benzene rings is 10. The van der Waals surface area contributed by atoms with Crippen LogP contribution >= 0.6 is 0 Å². The third-order valence-corrected chi connectivity index (χ3v) is 19.6. The minimum atomic E-state index is -0.376. The van der Waals surface area contributed by atoms with Crippen LogP contribution in [0.1, 0.15) is 112 Å². The number of hydrogen-bond donors (Lipinski definition) is 0. The monoisotopic (exact) mass is 1060 g/mol. The average Bonchev–Trinajstić information content (AvgIpc) is 1.61. The summed E-state index contributed by atoms with van der Waals surface area (Å²) in [6.45, 7) is 25.5. The zero-order chi connectivity index (χ0) is 55.9. The zero-order valence-corrected chi connectivity index (χ0v) is 48.1. The first-order chi connectivity index (χ1) is 39.6. The molecular formula is C79H63NO2. The molecule has 0 fully saturated rings. The van der Waals surface area contributed by atoms with Gasteiger partial charge in [-0.15, -0.1) is 0 Å². The molecular weight excluding hydrogens is 995 g/mol. The molecule has 10 aromatic carbocycles. The van der Waals surface area contributed by atoms with E-state index >= 15 is 0 Å². The van der Waals surface area contributed by atoms with Crippen LogP contribution in [0.25, 0.3) is 105 Å². The summed E-state index contributed by atoms with van der Waals surface area (Å²) in [5, 5.41) is 4.69. The van der Waals surface area contributed by atoms with E-state index in [1.54, 1.807) is 0 Å². The number of anilines is 3. The third-order valence-electron chi connectivity index (χ3n) is 19.6. The van der Waals surface area contributed by atoms with Crippen molar-refractivity contribution in [2.45, 2.75) is 84.0 Å². The summed E-state index contributed by atoms with van der Waals surface area (Å²) in [7, 11) is 0. The summed E-state index contributed by atoms with van der Waals surface area (Å²) in [5.41, 5.74) is 31.4. The summed E-state index contributed by atoms with van der Waals surface area (Å²) in [6.07, 6.45) is 8.26. The minimum Gasteiger partial charge on any atom is -0.455 e. The lowest BCUT2D eigenvalue weighted by atomic mass is 9.72. The van der Waals surface area contributed by atoms with E-state index in [2.05, 4.69) is 274 Å². The zero-order valence-electron chi connectivity index (χ0n) is 48.1. The number of furan rings is 2. The lowest BCUT2D eigenvalue weighted by molar-refractivity contribution is 0.600. The molecule has 82 heavy (non-hydrogen) atoms.